The van der Waals surface area contributed by atoms with Gasteiger partial charge in [0, 0.05) is 18.2 Å². The number of H-pyrrole nitrogens is 1. The summed E-state index contributed by atoms with van der Waals surface area (Å²) in [5, 5.41) is 0. The molecule has 19 heavy (non-hydrogen) atoms. The summed E-state index contributed by atoms with van der Waals surface area (Å²) in [6.07, 6.45) is 4.54. The predicted octanol–water partition coefficient (Wildman–Crippen LogP) is 0.423. The zero-order chi connectivity index (χ0) is 14.0. The third kappa shape index (κ3) is 3.26. The van der Waals surface area contributed by atoms with Gasteiger partial charge in [0.2, 0.25) is 0 Å². The number of aromatic amines is 1. The van der Waals surface area contributed by atoms with Crippen molar-refractivity contribution in [3.05, 3.63) is 44.8 Å². The molecule has 7 nitrogen and oxygen atoms in total. The van der Waals surface area contributed by atoms with Crippen LogP contribution < -0.4 is 11.2 Å². The van der Waals surface area contributed by atoms with E-state index in [-0.39, 0.29) is 12.3 Å². The fourth-order valence-corrected chi connectivity index (χ4v) is 2.30. The minimum atomic E-state index is -2.18. The zero-order valence-electron chi connectivity index (χ0n) is 10.3. The molecule has 1 aliphatic rings. The van der Waals surface area contributed by atoms with E-state index in [9.17, 15) is 14.2 Å². The third-order valence-electron chi connectivity index (χ3n) is 2.83. The maximum Gasteiger partial charge on any atom is 0.505 e. The monoisotopic (exact) mass is 285 g/mol. The van der Waals surface area contributed by atoms with Crippen LogP contribution in [0.25, 0.3) is 0 Å². The van der Waals surface area contributed by atoms with Crippen LogP contribution in [0.3, 0.4) is 0 Å². The van der Waals surface area contributed by atoms with Crippen LogP contribution in [0.5, 0.6) is 0 Å². The molecule has 1 unspecified atom stereocenters. The van der Waals surface area contributed by atoms with Gasteiger partial charge in [-0.15, -0.1) is 0 Å². The summed E-state index contributed by atoms with van der Waals surface area (Å²) in [7, 11) is -2.18. The van der Waals surface area contributed by atoms with Gasteiger partial charge in [-0.05, 0) is 17.6 Å². The van der Waals surface area contributed by atoms with Crippen molar-refractivity contribution in [2.45, 2.75) is 25.7 Å². The molecule has 2 N–H and O–H groups in total. The molecule has 0 aliphatic carbocycles. The van der Waals surface area contributed by atoms with Crippen LogP contribution in [-0.4, -0.2) is 26.7 Å². The number of nitrogens with one attached hydrogen (secondary N) is 1. The van der Waals surface area contributed by atoms with Gasteiger partial charge in [0.1, 0.15) is 0 Å². The molecule has 1 aromatic rings. The van der Waals surface area contributed by atoms with Crippen LogP contribution in [0.4, 0.5) is 0 Å². The SMILES string of the molecule is Cc1cn([C@H]2C=C[C@@H](CC[P+](=O)O)O2)c(=O)[nH]c1=O. The number of aryl methyl sites for hydroxylation is 1. The quantitative estimate of drug-likeness (QED) is 0.617. The van der Waals surface area contributed by atoms with Crippen molar-refractivity contribution in [1.29, 1.82) is 0 Å². The van der Waals surface area contributed by atoms with E-state index in [1.54, 1.807) is 19.1 Å². The van der Waals surface area contributed by atoms with Gasteiger partial charge in [-0.2, -0.15) is 4.89 Å². The van der Waals surface area contributed by atoms with Crippen LogP contribution >= 0.6 is 8.03 Å². The van der Waals surface area contributed by atoms with Crippen molar-refractivity contribution in [3.63, 3.8) is 0 Å². The fraction of sp³-hybridized carbons (Fsp3) is 0.455. The Bertz CT molecular complexity index is 633. The highest BCUT2D eigenvalue weighted by Gasteiger charge is 2.24. The number of nitrogens with zero attached hydrogens (tertiary/aromatic N) is 1. The highest BCUT2D eigenvalue weighted by molar-refractivity contribution is 7.37. The molecule has 102 valence electrons. The van der Waals surface area contributed by atoms with Crippen LogP contribution in [0.1, 0.15) is 18.2 Å². The van der Waals surface area contributed by atoms with E-state index in [4.69, 9.17) is 9.63 Å². The Morgan fingerprint density at radius 2 is 2.21 bits per heavy atom. The smallest absolute Gasteiger partial charge is 0.347 e. The lowest BCUT2D eigenvalue weighted by molar-refractivity contribution is 0.0142. The molecular formula is C11H14N2O5P+. The van der Waals surface area contributed by atoms with Gasteiger partial charge in [0.25, 0.3) is 5.56 Å². The van der Waals surface area contributed by atoms with E-state index >= 15 is 0 Å². The van der Waals surface area contributed by atoms with E-state index in [1.807, 2.05) is 0 Å². The van der Waals surface area contributed by atoms with Crippen LogP contribution in [0.2, 0.25) is 0 Å². The second-order valence-electron chi connectivity index (χ2n) is 4.29. The third-order valence-corrected chi connectivity index (χ3v) is 3.47. The first kappa shape index (κ1) is 13.9. The normalized spacial score (nSPS) is 22.7. The average molecular weight is 285 g/mol. The lowest BCUT2D eigenvalue weighted by Gasteiger charge is -2.15. The molecule has 0 radical (unpaired) electrons. The summed E-state index contributed by atoms with van der Waals surface area (Å²) < 4.78 is 17.5. The van der Waals surface area contributed by atoms with Crippen LogP contribution in [0, 0.1) is 6.92 Å². The van der Waals surface area contributed by atoms with E-state index in [1.165, 1.54) is 10.8 Å². The molecule has 0 saturated heterocycles. The van der Waals surface area contributed by atoms with Crippen molar-refractivity contribution in [1.82, 2.24) is 9.55 Å². The van der Waals surface area contributed by atoms with E-state index in [0.29, 0.717) is 12.0 Å². The molecule has 0 bridgehead atoms. The van der Waals surface area contributed by atoms with Gasteiger partial charge in [0.05, 0.1) is 6.10 Å². The molecule has 2 rings (SSSR count). The Hall–Kier alpha value is -1.56. The second-order valence-corrected chi connectivity index (χ2v) is 5.44. The summed E-state index contributed by atoms with van der Waals surface area (Å²) >= 11 is 0. The van der Waals surface area contributed by atoms with Crippen LogP contribution in [-0.2, 0) is 9.30 Å². The number of aromatic nitrogens is 2. The van der Waals surface area contributed by atoms with Crippen molar-refractivity contribution >= 4 is 8.03 Å². The Balaban J connectivity index is 2.12. The number of hydrogen-bond donors (Lipinski definition) is 2. The Morgan fingerprint density at radius 1 is 1.47 bits per heavy atom. The molecule has 0 aromatic carbocycles. The number of hydrogen-bond acceptors (Lipinski definition) is 4. The predicted molar refractivity (Wildman–Crippen MR) is 68.4 cm³/mol. The van der Waals surface area contributed by atoms with Crippen LogP contribution in [0.15, 0.2) is 27.9 Å². The zero-order valence-corrected chi connectivity index (χ0v) is 11.2. The molecule has 1 aromatic heterocycles. The number of rotatable bonds is 4. The summed E-state index contributed by atoms with van der Waals surface area (Å²) in [5.74, 6) is 0. The molecule has 0 saturated carbocycles. The molecule has 0 spiro atoms. The van der Waals surface area contributed by atoms with Gasteiger partial charge in [-0.3, -0.25) is 14.3 Å². The molecule has 0 fully saturated rings. The van der Waals surface area contributed by atoms with Crippen molar-refractivity contribution in [2.24, 2.45) is 0 Å². The summed E-state index contributed by atoms with van der Waals surface area (Å²) in [6.45, 7) is 1.60. The lowest BCUT2D eigenvalue weighted by atomic mass is 10.3. The van der Waals surface area contributed by atoms with Gasteiger partial charge in [-0.1, -0.05) is 6.08 Å². The summed E-state index contributed by atoms with van der Waals surface area (Å²) in [6, 6.07) is 0. The van der Waals surface area contributed by atoms with Gasteiger partial charge >= 0.3 is 13.7 Å². The molecule has 8 heteroatoms. The van der Waals surface area contributed by atoms with Gasteiger partial charge in [0.15, 0.2) is 12.4 Å². The first-order valence-electron chi connectivity index (χ1n) is 5.77. The van der Waals surface area contributed by atoms with Crippen molar-refractivity contribution < 1.29 is 14.2 Å². The maximum absolute atomic E-state index is 11.7. The topological polar surface area (TPSA) is 101 Å². The molecule has 0 amide bonds. The summed E-state index contributed by atoms with van der Waals surface area (Å²) in [4.78, 5) is 33.9. The highest BCUT2D eigenvalue weighted by atomic mass is 31.1. The molecule has 2 heterocycles. The maximum atomic E-state index is 11.7. The Kier molecular flexibility index (Phi) is 4.09. The number of ether oxygens (including phenoxy) is 1. The average Bonchev–Trinajstić information content (AvgIpc) is 2.80. The van der Waals surface area contributed by atoms with Gasteiger partial charge < -0.3 is 4.74 Å². The second kappa shape index (κ2) is 5.61. The van der Waals surface area contributed by atoms with Crippen molar-refractivity contribution in [3.8, 4) is 0 Å². The minimum absolute atomic E-state index is 0.149. The van der Waals surface area contributed by atoms with E-state index < -0.39 is 25.5 Å². The molecule has 3 atom stereocenters. The van der Waals surface area contributed by atoms with Crippen molar-refractivity contribution in [2.75, 3.05) is 6.16 Å². The minimum Gasteiger partial charge on any atom is -0.347 e. The standard InChI is InChI=1S/C11H13N2O5P/c1-7-6-13(11(15)12-10(7)14)9-3-2-8(18-9)4-5-19(16)17/h2-3,6,8-9H,4-5H2,1H3,(H-,12,14,15,16,17)/p+1/t8-,9+/m0/s1. The summed E-state index contributed by atoms with van der Waals surface area (Å²) in [5.41, 5.74) is -0.547. The molecule has 1 aliphatic heterocycles. The fourth-order valence-electron chi connectivity index (χ4n) is 1.82. The Labute approximate surface area is 109 Å². The van der Waals surface area contributed by atoms with E-state index in [2.05, 4.69) is 4.98 Å². The first-order chi connectivity index (χ1) is 8.97. The lowest BCUT2D eigenvalue weighted by Crippen LogP contribution is -2.33. The van der Waals surface area contributed by atoms with E-state index in [0.717, 1.165) is 0 Å². The Morgan fingerprint density at radius 3 is 2.89 bits per heavy atom. The first-order valence-corrected chi connectivity index (χ1v) is 7.16. The van der Waals surface area contributed by atoms with Gasteiger partial charge in [-0.25, -0.2) is 4.79 Å². The molecular weight excluding hydrogens is 271 g/mol. The highest BCUT2D eigenvalue weighted by Crippen LogP contribution is 2.24. The largest absolute Gasteiger partial charge is 0.505 e.